The van der Waals surface area contributed by atoms with Crippen molar-refractivity contribution in [1.29, 1.82) is 0 Å². The van der Waals surface area contributed by atoms with E-state index in [9.17, 15) is 0 Å². The summed E-state index contributed by atoms with van der Waals surface area (Å²) >= 11 is 0. The van der Waals surface area contributed by atoms with E-state index in [4.69, 9.17) is 4.74 Å². The van der Waals surface area contributed by atoms with Crippen molar-refractivity contribution in [3.05, 3.63) is 35.9 Å². The minimum Gasteiger partial charge on any atom is -0.372 e. The Morgan fingerprint density at radius 1 is 1.21 bits per heavy atom. The van der Waals surface area contributed by atoms with Gasteiger partial charge in [0, 0.05) is 25.7 Å². The number of morpholine rings is 1. The molecule has 2 aliphatic rings. The summed E-state index contributed by atoms with van der Waals surface area (Å²) in [7, 11) is 0. The van der Waals surface area contributed by atoms with E-state index in [0.717, 1.165) is 26.2 Å². The molecule has 0 aliphatic carbocycles. The van der Waals surface area contributed by atoms with Crippen LogP contribution in [0.25, 0.3) is 0 Å². The highest BCUT2D eigenvalue weighted by Gasteiger charge is 2.36. The molecule has 0 radical (unpaired) electrons. The van der Waals surface area contributed by atoms with Gasteiger partial charge in [0.25, 0.3) is 0 Å². The summed E-state index contributed by atoms with van der Waals surface area (Å²) in [5, 5.41) is 3.51. The molecular weight excluding hydrogens is 236 g/mol. The van der Waals surface area contributed by atoms with Crippen molar-refractivity contribution in [3.63, 3.8) is 0 Å². The SMILES string of the molecule is CCNCC(c1ccccc1)N1CC2CCC(C1)O2. The number of nitrogens with one attached hydrogen (secondary N) is 1. The summed E-state index contributed by atoms with van der Waals surface area (Å²) in [6.07, 6.45) is 3.41. The molecule has 2 aliphatic heterocycles. The first-order chi connectivity index (χ1) is 9.36. The second-order valence-corrected chi connectivity index (χ2v) is 5.65. The number of nitrogens with zero attached hydrogens (tertiary/aromatic N) is 1. The summed E-state index contributed by atoms with van der Waals surface area (Å²) in [5.41, 5.74) is 1.42. The van der Waals surface area contributed by atoms with E-state index < -0.39 is 0 Å². The topological polar surface area (TPSA) is 24.5 Å². The van der Waals surface area contributed by atoms with E-state index in [1.54, 1.807) is 0 Å². The Morgan fingerprint density at radius 3 is 2.53 bits per heavy atom. The molecule has 19 heavy (non-hydrogen) atoms. The molecule has 2 heterocycles. The maximum absolute atomic E-state index is 5.96. The monoisotopic (exact) mass is 260 g/mol. The van der Waals surface area contributed by atoms with Crippen molar-refractivity contribution < 1.29 is 4.74 Å². The Balaban J connectivity index is 1.75. The van der Waals surface area contributed by atoms with Crippen molar-refractivity contribution in [3.8, 4) is 0 Å². The van der Waals surface area contributed by atoms with Crippen LogP contribution in [-0.4, -0.2) is 43.3 Å². The molecule has 3 nitrogen and oxygen atoms in total. The molecule has 1 aromatic rings. The van der Waals surface area contributed by atoms with Crippen molar-refractivity contribution in [1.82, 2.24) is 10.2 Å². The third-order valence-electron chi connectivity index (χ3n) is 4.28. The number of ether oxygens (including phenoxy) is 1. The van der Waals surface area contributed by atoms with Crippen molar-refractivity contribution >= 4 is 0 Å². The van der Waals surface area contributed by atoms with Crippen LogP contribution in [0.1, 0.15) is 31.4 Å². The first kappa shape index (κ1) is 13.1. The Hall–Kier alpha value is -0.900. The minimum atomic E-state index is 0.464. The highest BCUT2D eigenvalue weighted by atomic mass is 16.5. The molecule has 3 atom stereocenters. The number of hydrogen-bond donors (Lipinski definition) is 1. The standard InChI is InChI=1S/C16H24N2O/c1-2-17-10-16(13-6-4-3-5-7-13)18-11-14-8-9-15(12-18)19-14/h3-7,14-17H,2,8-12H2,1H3. The second-order valence-electron chi connectivity index (χ2n) is 5.65. The fourth-order valence-electron chi connectivity index (χ4n) is 3.31. The van der Waals surface area contributed by atoms with Crippen LogP contribution in [0.15, 0.2) is 30.3 Å². The van der Waals surface area contributed by atoms with Crippen molar-refractivity contribution in [2.45, 2.75) is 38.0 Å². The molecule has 1 aromatic carbocycles. The van der Waals surface area contributed by atoms with Gasteiger partial charge in [-0.25, -0.2) is 0 Å². The zero-order valence-corrected chi connectivity index (χ0v) is 11.7. The van der Waals surface area contributed by atoms with Gasteiger partial charge in [-0.1, -0.05) is 37.3 Å². The van der Waals surface area contributed by atoms with Crippen LogP contribution < -0.4 is 5.32 Å². The molecule has 104 valence electrons. The van der Waals surface area contributed by atoms with Gasteiger partial charge in [0.1, 0.15) is 0 Å². The van der Waals surface area contributed by atoms with Crippen LogP contribution in [0.3, 0.4) is 0 Å². The molecule has 0 amide bonds. The third kappa shape index (κ3) is 2.99. The summed E-state index contributed by atoms with van der Waals surface area (Å²) in [4.78, 5) is 2.61. The predicted molar refractivity (Wildman–Crippen MR) is 77.2 cm³/mol. The van der Waals surface area contributed by atoms with Gasteiger partial charge in [-0.05, 0) is 24.9 Å². The fraction of sp³-hybridized carbons (Fsp3) is 0.625. The Kier molecular flexibility index (Phi) is 4.16. The third-order valence-corrected chi connectivity index (χ3v) is 4.28. The van der Waals surface area contributed by atoms with Gasteiger partial charge in [-0.2, -0.15) is 0 Å². The number of likely N-dealkylation sites (tertiary alicyclic amines) is 1. The number of hydrogen-bond acceptors (Lipinski definition) is 3. The molecule has 2 bridgehead atoms. The van der Waals surface area contributed by atoms with Crippen LogP contribution in [0.5, 0.6) is 0 Å². The molecular formula is C16H24N2O. The lowest BCUT2D eigenvalue weighted by atomic mass is 10.0. The van der Waals surface area contributed by atoms with E-state index in [0.29, 0.717) is 18.2 Å². The predicted octanol–water partition coefficient (Wildman–Crippen LogP) is 2.20. The van der Waals surface area contributed by atoms with E-state index in [1.165, 1.54) is 18.4 Å². The quantitative estimate of drug-likeness (QED) is 0.878. The lowest BCUT2D eigenvalue weighted by Gasteiger charge is -2.38. The zero-order valence-electron chi connectivity index (χ0n) is 11.7. The average molecular weight is 260 g/mol. The Morgan fingerprint density at radius 2 is 1.89 bits per heavy atom. The number of benzene rings is 1. The molecule has 2 saturated heterocycles. The van der Waals surface area contributed by atoms with Crippen LogP contribution >= 0.6 is 0 Å². The Labute approximate surface area is 115 Å². The molecule has 2 fully saturated rings. The van der Waals surface area contributed by atoms with Gasteiger partial charge < -0.3 is 10.1 Å². The van der Waals surface area contributed by atoms with Crippen LogP contribution in [0.2, 0.25) is 0 Å². The summed E-state index contributed by atoms with van der Waals surface area (Å²) < 4.78 is 5.96. The van der Waals surface area contributed by atoms with Gasteiger partial charge in [-0.15, -0.1) is 0 Å². The van der Waals surface area contributed by atoms with Crippen LogP contribution in [0, 0.1) is 0 Å². The largest absolute Gasteiger partial charge is 0.372 e. The van der Waals surface area contributed by atoms with E-state index in [-0.39, 0.29) is 0 Å². The molecule has 3 unspecified atom stereocenters. The molecule has 3 heteroatoms. The smallest absolute Gasteiger partial charge is 0.0707 e. The molecule has 1 N–H and O–H groups in total. The lowest BCUT2D eigenvalue weighted by Crippen LogP contribution is -2.47. The van der Waals surface area contributed by atoms with E-state index >= 15 is 0 Å². The van der Waals surface area contributed by atoms with Gasteiger partial charge in [0.2, 0.25) is 0 Å². The van der Waals surface area contributed by atoms with E-state index in [2.05, 4.69) is 47.5 Å². The molecule has 0 aromatic heterocycles. The number of fused-ring (bicyclic) bond motifs is 2. The van der Waals surface area contributed by atoms with E-state index in [1.807, 2.05) is 0 Å². The highest BCUT2D eigenvalue weighted by Crippen LogP contribution is 2.31. The van der Waals surface area contributed by atoms with Gasteiger partial charge in [0.15, 0.2) is 0 Å². The number of likely N-dealkylation sites (N-methyl/N-ethyl adjacent to an activating group) is 1. The Bertz CT molecular complexity index is 383. The second kappa shape index (κ2) is 6.04. The fourth-order valence-corrected chi connectivity index (χ4v) is 3.31. The summed E-state index contributed by atoms with van der Waals surface area (Å²) in [6, 6.07) is 11.4. The molecule has 0 saturated carbocycles. The van der Waals surface area contributed by atoms with Crippen molar-refractivity contribution in [2.24, 2.45) is 0 Å². The first-order valence-electron chi connectivity index (χ1n) is 7.52. The highest BCUT2D eigenvalue weighted by molar-refractivity contribution is 5.20. The van der Waals surface area contributed by atoms with Crippen LogP contribution in [0.4, 0.5) is 0 Å². The minimum absolute atomic E-state index is 0.464. The average Bonchev–Trinajstić information content (AvgIpc) is 2.79. The van der Waals surface area contributed by atoms with Crippen LogP contribution in [-0.2, 0) is 4.74 Å². The van der Waals surface area contributed by atoms with Gasteiger partial charge in [0.05, 0.1) is 12.2 Å². The lowest BCUT2D eigenvalue weighted by molar-refractivity contribution is -0.0530. The maximum atomic E-state index is 5.96. The normalized spacial score (nSPS) is 28.5. The first-order valence-corrected chi connectivity index (χ1v) is 7.52. The number of rotatable bonds is 5. The van der Waals surface area contributed by atoms with Gasteiger partial charge in [-0.3, -0.25) is 4.90 Å². The van der Waals surface area contributed by atoms with Crippen molar-refractivity contribution in [2.75, 3.05) is 26.2 Å². The molecule has 0 spiro atoms. The van der Waals surface area contributed by atoms with Gasteiger partial charge >= 0.3 is 0 Å². The molecule has 3 rings (SSSR count). The summed E-state index contributed by atoms with van der Waals surface area (Å²) in [5.74, 6) is 0. The summed E-state index contributed by atoms with van der Waals surface area (Å²) in [6.45, 7) is 6.40. The maximum Gasteiger partial charge on any atom is 0.0707 e. The zero-order chi connectivity index (χ0) is 13.1.